The highest BCUT2D eigenvalue weighted by molar-refractivity contribution is 7.99. The van der Waals surface area contributed by atoms with Gasteiger partial charge in [0.2, 0.25) is 5.13 Å². The molecule has 0 fully saturated rings. The van der Waals surface area contributed by atoms with E-state index >= 15 is 4.39 Å². The van der Waals surface area contributed by atoms with Gasteiger partial charge in [-0.05, 0) is 36.4 Å². The van der Waals surface area contributed by atoms with Crippen LogP contribution in [0, 0.1) is 5.82 Å². The molecule has 0 bridgehead atoms. The van der Waals surface area contributed by atoms with E-state index in [1.54, 1.807) is 42.5 Å². The number of methoxy groups -OCH3 is 3. The van der Waals surface area contributed by atoms with E-state index in [1.165, 1.54) is 26.8 Å². The fourth-order valence-corrected chi connectivity index (χ4v) is 6.94. The van der Waals surface area contributed by atoms with Crippen molar-refractivity contribution in [2.75, 3.05) is 25.6 Å². The van der Waals surface area contributed by atoms with Gasteiger partial charge >= 0.3 is 0 Å². The summed E-state index contributed by atoms with van der Waals surface area (Å²) in [6.45, 7) is -0.195. The van der Waals surface area contributed by atoms with Crippen LogP contribution in [0.25, 0.3) is 0 Å². The van der Waals surface area contributed by atoms with Gasteiger partial charge in [-0.25, -0.2) is 17.1 Å². The van der Waals surface area contributed by atoms with Crippen molar-refractivity contribution in [3.63, 3.8) is 0 Å². The molecule has 0 unspecified atom stereocenters. The lowest BCUT2D eigenvalue weighted by atomic mass is 10.2. The van der Waals surface area contributed by atoms with Gasteiger partial charge in [0, 0.05) is 16.5 Å². The molecule has 0 aliphatic heterocycles. The van der Waals surface area contributed by atoms with Gasteiger partial charge in [0.25, 0.3) is 10.0 Å². The topological polar surface area (TPSA) is 90.9 Å². The minimum Gasteiger partial charge on any atom is -0.497 e. The molecule has 0 N–H and O–H groups in total. The van der Waals surface area contributed by atoms with Crippen LogP contribution in [-0.4, -0.2) is 39.9 Å². The van der Waals surface area contributed by atoms with Gasteiger partial charge < -0.3 is 14.2 Å². The quantitative estimate of drug-likeness (QED) is 0.228. The highest BCUT2D eigenvalue weighted by Gasteiger charge is 2.32. The Balaban J connectivity index is 1.74. The SMILES string of the molecule is COc1ccc(CN(c2nncs2)S(=O)(=O)c2cc(Cl)c(Sc3ccccc3OC)cc2F)c(OC)c1. The monoisotopic (exact) mass is 581 g/mol. The first-order valence-corrected chi connectivity index (χ1v) is 14.1. The van der Waals surface area contributed by atoms with E-state index in [2.05, 4.69) is 10.2 Å². The summed E-state index contributed by atoms with van der Waals surface area (Å²) in [6.07, 6.45) is 0. The van der Waals surface area contributed by atoms with Crippen LogP contribution >= 0.6 is 34.7 Å². The number of aromatic nitrogens is 2. The third-order valence-corrected chi connectivity index (χ3v) is 9.33. The number of ether oxygens (including phenoxy) is 3. The molecule has 0 saturated carbocycles. The summed E-state index contributed by atoms with van der Waals surface area (Å²) in [4.78, 5) is 0.440. The Morgan fingerprint density at radius 2 is 1.76 bits per heavy atom. The highest BCUT2D eigenvalue weighted by Crippen LogP contribution is 2.41. The maximum Gasteiger partial charge on any atom is 0.269 e. The molecule has 1 aromatic heterocycles. The molecule has 3 aromatic carbocycles. The lowest BCUT2D eigenvalue weighted by Crippen LogP contribution is -2.31. The smallest absolute Gasteiger partial charge is 0.269 e. The van der Waals surface area contributed by atoms with Crippen molar-refractivity contribution in [3.05, 3.63) is 76.5 Å². The molecule has 1 heterocycles. The minimum absolute atomic E-state index is 0.0564. The van der Waals surface area contributed by atoms with E-state index in [-0.39, 0.29) is 16.7 Å². The van der Waals surface area contributed by atoms with Gasteiger partial charge in [0.1, 0.15) is 33.5 Å². The predicted molar refractivity (Wildman–Crippen MR) is 141 cm³/mol. The van der Waals surface area contributed by atoms with Crippen molar-refractivity contribution >= 4 is 49.9 Å². The van der Waals surface area contributed by atoms with E-state index in [4.69, 9.17) is 25.8 Å². The van der Waals surface area contributed by atoms with Crippen molar-refractivity contribution in [1.82, 2.24) is 10.2 Å². The molecule has 0 amide bonds. The first-order valence-electron chi connectivity index (χ1n) is 10.6. The third-order valence-electron chi connectivity index (χ3n) is 5.21. The lowest BCUT2D eigenvalue weighted by Gasteiger charge is -2.23. The molecule has 0 atom stereocenters. The number of halogens is 2. The number of nitrogens with zero attached hydrogens (tertiary/aromatic N) is 3. The molecule has 4 rings (SSSR count). The van der Waals surface area contributed by atoms with Crippen molar-refractivity contribution in [3.8, 4) is 17.2 Å². The molecule has 0 spiro atoms. The summed E-state index contributed by atoms with van der Waals surface area (Å²) in [5.41, 5.74) is 1.90. The highest BCUT2D eigenvalue weighted by atomic mass is 35.5. The summed E-state index contributed by atoms with van der Waals surface area (Å²) in [5.74, 6) is 0.549. The molecule has 4 aromatic rings. The number of sulfonamides is 1. The molecule has 0 aliphatic rings. The average molecular weight is 582 g/mol. The molecule has 8 nitrogen and oxygen atoms in total. The Kier molecular flexibility index (Phi) is 8.42. The normalized spacial score (nSPS) is 11.3. The summed E-state index contributed by atoms with van der Waals surface area (Å²) >= 11 is 8.61. The fourth-order valence-electron chi connectivity index (χ4n) is 3.40. The largest absolute Gasteiger partial charge is 0.497 e. The zero-order valence-corrected chi connectivity index (χ0v) is 23.0. The van der Waals surface area contributed by atoms with Crippen LogP contribution in [0.1, 0.15) is 5.56 Å². The first kappa shape index (κ1) is 27.0. The third kappa shape index (κ3) is 5.77. The Morgan fingerprint density at radius 1 is 1.00 bits per heavy atom. The summed E-state index contributed by atoms with van der Waals surface area (Å²) in [7, 11) is 0.0342. The molecular formula is C24H21ClFN3O5S3. The molecule has 0 radical (unpaired) electrons. The van der Waals surface area contributed by atoms with Crippen LogP contribution in [0.15, 0.2) is 74.8 Å². The molecule has 0 aliphatic carbocycles. The standard InChI is InChI=1S/C24H21ClFN3O5S3/c1-32-16-9-8-15(20(10-16)34-3)13-29(24-28-27-14-35-24)37(30,31)23-11-17(25)22(12-18(23)26)36-21-7-5-4-6-19(21)33-2/h4-12,14H,13H2,1-3H3. The Morgan fingerprint density at radius 3 is 2.43 bits per heavy atom. The summed E-state index contributed by atoms with van der Waals surface area (Å²) < 4.78 is 59.9. The van der Waals surface area contributed by atoms with Crippen LogP contribution < -0.4 is 18.5 Å². The van der Waals surface area contributed by atoms with Gasteiger partial charge in [-0.15, -0.1) is 10.2 Å². The van der Waals surface area contributed by atoms with E-state index in [1.807, 2.05) is 0 Å². The van der Waals surface area contributed by atoms with Crippen molar-refractivity contribution in [2.45, 2.75) is 21.2 Å². The number of benzene rings is 3. The minimum atomic E-state index is -4.46. The van der Waals surface area contributed by atoms with E-state index in [9.17, 15) is 8.42 Å². The number of rotatable bonds is 10. The lowest BCUT2D eigenvalue weighted by molar-refractivity contribution is 0.391. The van der Waals surface area contributed by atoms with Gasteiger partial charge in [-0.3, -0.25) is 0 Å². The molecule has 13 heteroatoms. The van der Waals surface area contributed by atoms with Crippen molar-refractivity contribution in [2.24, 2.45) is 0 Å². The zero-order valence-electron chi connectivity index (χ0n) is 19.8. The van der Waals surface area contributed by atoms with Crippen LogP contribution in [0.4, 0.5) is 9.52 Å². The van der Waals surface area contributed by atoms with Crippen LogP contribution in [0.2, 0.25) is 5.02 Å². The summed E-state index contributed by atoms with van der Waals surface area (Å²) in [6, 6.07) is 14.3. The zero-order chi connectivity index (χ0) is 26.6. The Labute approximate surface area is 227 Å². The molecule has 194 valence electrons. The second kappa shape index (κ2) is 11.5. The van der Waals surface area contributed by atoms with E-state index < -0.39 is 20.7 Å². The number of para-hydroxylation sites is 1. The van der Waals surface area contributed by atoms with Gasteiger partial charge in [0.05, 0.1) is 37.8 Å². The van der Waals surface area contributed by atoms with E-state index in [0.717, 1.165) is 39.5 Å². The van der Waals surface area contributed by atoms with E-state index in [0.29, 0.717) is 32.6 Å². The number of hydrogen-bond donors (Lipinski definition) is 0. The summed E-state index contributed by atoms with van der Waals surface area (Å²) in [5, 5.41) is 7.79. The second-order valence-electron chi connectivity index (χ2n) is 7.38. The average Bonchev–Trinajstić information content (AvgIpc) is 3.43. The number of hydrogen-bond acceptors (Lipinski definition) is 9. The van der Waals surface area contributed by atoms with Gasteiger partial charge in [-0.1, -0.05) is 46.8 Å². The maximum atomic E-state index is 15.4. The van der Waals surface area contributed by atoms with Crippen LogP contribution in [0.3, 0.4) is 0 Å². The van der Waals surface area contributed by atoms with Crippen LogP contribution in [-0.2, 0) is 16.6 Å². The first-order chi connectivity index (χ1) is 17.8. The Bertz CT molecular complexity index is 1500. The molecule has 37 heavy (non-hydrogen) atoms. The predicted octanol–water partition coefficient (Wildman–Crippen LogP) is 5.90. The fraction of sp³-hybridized carbons (Fsp3) is 0.167. The molecular weight excluding hydrogens is 561 g/mol. The van der Waals surface area contributed by atoms with Gasteiger partial charge in [-0.2, -0.15) is 0 Å². The molecule has 0 saturated heterocycles. The van der Waals surface area contributed by atoms with Crippen molar-refractivity contribution < 1.29 is 27.0 Å². The Hall–Kier alpha value is -3.06. The van der Waals surface area contributed by atoms with Gasteiger partial charge in [0.15, 0.2) is 0 Å². The maximum absolute atomic E-state index is 15.4. The van der Waals surface area contributed by atoms with Crippen LogP contribution in [0.5, 0.6) is 17.2 Å². The van der Waals surface area contributed by atoms with Crippen molar-refractivity contribution in [1.29, 1.82) is 0 Å². The second-order valence-corrected chi connectivity index (χ2v) is 11.5. The number of anilines is 1.